The number of benzene rings is 1. The molecule has 2 aromatic rings. The zero-order chi connectivity index (χ0) is 15.4. The Balaban J connectivity index is 1.54. The number of nitrogens with one attached hydrogen (secondary N) is 1. The van der Waals surface area contributed by atoms with Gasteiger partial charge in [-0.05, 0) is 49.5 Å². The van der Waals surface area contributed by atoms with E-state index in [1.54, 1.807) is 12.4 Å². The number of aromatic nitrogens is 2. The van der Waals surface area contributed by atoms with Gasteiger partial charge in [-0.25, -0.2) is 4.98 Å². The van der Waals surface area contributed by atoms with Crippen LogP contribution in [0.25, 0.3) is 0 Å². The Morgan fingerprint density at radius 2 is 2.23 bits per heavy atom. The van der Waals surface area contributed by atoms with Gasteiger partial charge < -0.3 is 10.1 Å². The molecule has 1 aliphatic heterocycles. The number of hydrogen-bond donors (Lipinski definition) is 2. The van der Waals surface area contributed by atoms with Gasteiger partial charge in [0.2, 0.25) is 0 Å². The predicted octanol–water partition coefficient (Wildman–Crippen LogP) is 2.23. The van der Waals surface area contributed by atoms with E-state index in [2.05, 4.69) is 27.0 Å². The first-order chi connectivity index (χ1) is 10.8. The van der Waals surface area contributed by atoms with Gasteiger partial charge in [0.15, 0.2) is 0 Å². The minimum atomic E-state index is -0.501. The molecule has 1 aromatic heterocycles. The number of imidazole rings is 1. The summed E-state index contributed by atoms with van der Waals surface area (Å²) in [6.07, 6.45) is 4.84. The molecule has 2 N–H and O–H groups in total. The van der Waals surface area contributed by atoms with Crippen LogP contribution in [0.5, 0.6) is 0 Å². The molecule has 114 valence electrons. The molecule has 1 saturated heterocycles. The lowest BCUT2D eigenvalue weighted by Crippen LogP contribution is -2.35. The molecule has 1 aliphatic rings. The van der Waals surface area contributed by atoms with Crippen LogP contribution in [0.3, 0.4) is 0 Å². The van der Waals surface area contributed by atoms with Crippen molar-refractivity contribution in [1.82, 2.24) is 14.9 Å². The number of aromatic amines is 1. The van der Waals surface area contributed by atoms with Crippen molar-refractivity contribution in [2.75, 3.05) is 13.1 Å². The third kappa shape index (κ3) is 3.35. The fraction of sp³-hybridized carbons (Fsp3) is 0.412. The van der Waals surface area contributed by atoms with E-state index in [9.17, 15) is 5.11 Å². The molecule has 1 aromatic carbocycles. The Morgan fingerprint density at radius 1 is 1.41 bits per heavy atom. The van der Waals surface area contributed by atoms with E-state index >= 15 is 0 Å². The van der Waals surface area contributed by atoms with Crippen molar-refractivity contribution in [3.8, 4) is 6.07 Å². The van der Waals surface area contributed by atoms with Gasteiger partial charge in [-0.3, -0.25) is 4.90 Å². The van der Waals surface area contributed by atoms with E-state index in [0.717, 1.165) is 32.5 Å². The zero-order valence-corrected chi connectivity index (χ0v) is 12.4. The van der Waals surface area contributed by atoms with Crippen molar-refractivity contribution < 1.29 is 5.11 Å². The van der Waals surface area contributed by atoms with E-state index < -0.39 is 6.10 Å². The molecular formula is C17H20N4O. The van der Waals surface area contributed by atoms with Gasteiger partial charge in [0.1, 0.15) is 11.9 Å². The van der Waals surface area contributed by atoms with Crippen LogP contribution >= 0.6 is 0 Å². The first-order valence-corrected chi connectivity index (χ1v) is 7.65. The predicted molar refractivity (Wildman–Crippen MR) is 82.7 cm³/mol. The average Bonchev–Trinajstić information content (AvgIpc) is 3.09. The number of rotatable bonds is 4. The third-order valence-electron chi connectivity index (χ3n) is 4.34. The van der Waals surface area contributed by atoms with Crippen LogP contribution in [0.1, 0.15) is 35.9 Å². The summed E-state index contributed by atoms with van der Waals surface area (Å²) < 4.78 is 0. The van der Waals surface area contributed by atoms with Crippen molar-refractivity contribution in [3.05, 3.63) is 53.6 Å². The van der Waals surface area contributed by atoms with Crippen molar-refractivity contribution in [2.24, 2.45) is 5.92 Å². The van der Waals surface area contributed by atoms with Crippen LogP contribution in [0.15, 0.2) is 36.7 Å². The van der Waals surface area contributed by atoms with Crippen molar-refractivity contribution >= 4 is 0 Å². The smallest absolute Gasteiger partial charge is 0.135 e. The summed E-state index contributed by atoms with van der Waals surface area (Å²) in [5.74, 6) is 0.924. The molecule has 3 rings (SSSR count). The Morgan fingerprint density at radius 3 is 2.91 bits per heavy atom. The Bertz CT molecular complexity index is 639. The molecule has 2 heterocycles. The van der Waals surface area contributed by atoms with E-state index in [1.807, 2.05) is 18.2 Å². The number of aliphatic hydroxyl groups excluding tert-OH is 1. The van der Waals surface area contributed by atoms with Crippen LogP contribution < -0.4 is 0 Å². The maximum Gasteiger partial charge on any atom is 0.135 e. The molecule has 0 aliphatic carbocycles. The normalized spacial score (nSPS) is 18.0. The van der Waals surface area contributed by atoms with Gasteiger partial charge in [-0.15, -0.1) is 0 Å². The fourth-order valence-electron chi connectivity index (χ4n) is 3.09. The molecular weight excluding hydrogens is 276 g/mol. The number of piperidine rings is 1. The van der Waals surface area contributed by atoms with Crippen LogP contribution in [0.2, 0.25) is 0 Å². The fourth-order valence-corrected chi connectivity index (χ4v) is 3.09. The molecule has 1 atom stereocenters. The summed E-state index contributed by atoms with van der Waals surface area (Å²) in [6.45, 7) is 2.78. The summed E-state index contributed by atoms with van der Waals surface area (Å²) in [5.41, 5.74) is 1.88. The largest absolute Gasteiger partial charge is 0.385 e. The molecule has 1 fully saturated rings. The molecule has 0 radical (unpaired) electrons. The standard InChI is InChI=1S/C17H20N4O/c18-11-13-2-1-3-14(10-13)12-21-8-4-15(5-9-21)16(22)17-19-6-7-20-17/h1-3,6-7,10,15-16,22H,4-5,8-9,12H2,(H,19,20). The quantitative estimate of drug-likeness (QED) is 0.907. The molecule has 0 spiro atoms. The second-order valence-electron chi connectivity index (χ2n) is 5.85. The van der Waals surface area contributed by atoms with Gasteiger partial charge in [0.25, 0.3) is 0 Å². The number of nitriles is 1. The molecule has 5 heteroatoms. The second-order valence-corrected chi connectivity index (χ2v) is 5.85. The highest BCUT2D eigenvalue weighted by molar-refractivity contribution is 5.32. The first-order valence-electron chi connectivity index (χ1n) is 7.65. The van der Waals surface area contributed by atoms with Crippen LogP contribution in [0.4, 0.5) is 0 Å². The number of aliphatic hydroxyl groups is 1. The Hall–Kier alpha value is -2.16. The third-order valence-corrected chi connectivity index (χ3v) is 4.34. The molecule has 0 bridgehead atoms. The van der Waals surface area contributed by atoms with Crippen molar-refractivity contribution in [2.45, 2.75) is 25.5 Å². The van der Waals surface area contributed by atoms with Gasteiger partial charge in [-0.2, -0.15) is 5.26 Å². The Labute approximate surface area is 130 Å². The van der Waals surface area contributed by atoms with Gasteiger partial charge in [0, 0.05) is 18.9 Å². The summed E-state index contributed by atoms with van der Waals surface area (Å²) in [4.78, 5) is 9.52. The Kier molecular flexibility index (Phi) is 4.52. The number of H-pyrrole nitrogens is 1. The maximum absolute atomic E-state index is 10.3. The molecule has 0 amide bonds. The highest BCUT2D eigenvalue weighted by Crippen LogP contribution is 2.29. The minimum Gasteiger partial charge on any atom is -0.385 e. The summed E-state index contributed by atoms with van der Waals surface area (Å²) in [5, 5.41) is 19.3. The van der Waals surface area contributed by atoms with E-state index in [4.69, 9.17) is 5.26 Å². The van der Waals surface area contributed by atoms with Crippen LogP contribution in [-0.2, 0) is 6.54 Å². The molecule has 22 heavy (non-hydrogen) atoms. The zero-order valence-electron chi connectivity index (χ0n) is 12.4. The minimum absolute atomic E-state index is 0.257. The summed E-state index contributed by atoms with van der Waals surface area (Å²) >= 11 is 0. The van der Waals surface area contributed by atoms with Crippen molar-refractivity contribution in [3.63, 3.8) is 0 Å². The summed E-state index contributed by atoms with van der Waals surface area (Å²) in [6, 6.07) is 9.95. The SMILES string of the molecule is N#Cc1cccc(CN2CCC(C(O)c3ncc[nH]3)CC2)c1. The van der Waals surface area contributed by atoms with Gasteiger partial charge in [0.05, 0.1) is 11.6 Å². The monoisotopic (exact) mass is 296 g/mol. The van der Waals surface area contributed by atoms with E-state index in [1.165, 1.54) is 5.56 Å². The molecule has 1 unspecified atom stereocenters. The first kappa shape index (κ1) is 14.8. The topological polar surface area (TPSA) is 75.9 Å². The number of likely N-dealkylation sites (tertiary alicyclic amines) is 1. The van der Waals surface area contributed by atoms with Crippen LogP contribution in [0, 0.1) is 17.2 Å². The molecule has 0 saturated carbocycles. The van der Waals surface area contributed by atoms with Crippen LogP contribution in [-0.4, -0.2) is 33.1 Å². The van der Waals surface area contributed by atoms with Crippen molar-refractivity contribution in [1.29, 1.82) is 5.26 Å². The number of hydrogen-bond acceptors (Lipinski definition) is 4. The second kappa shape index (κ2) is 6.73. The highest BCUT2D eigenvalue weighted by atomic mass is 16.3. The summed E-state index contributed by atoms with van der Waals surface area (Å²) in [7, 11) is 0. The highest BCUT2D eigenvalue weighted by Gasteiger charge is 2.27. The lowest BCUT2D eigenvalue weighted by molar-refractivity contribution is 0.0515. The lowest BCUT2D eigenvalue weighted by Gasteiger charge is -2.33. The lowest BCUT2D eigenvalue weighted by atomic mass is 9.90. The molecule has 5 nitrogen and oxygen atoms in total. The van der Waals surface area contributed by atoms with Gasteiger partial charge in [-0.1, -0.05) is 12.1 Å². The van der Waals surface area contributed by atoms with E-state index in [-0.39, 0.29) is 5.92 Å². The maximum atomic E-state index is 10.3. The van der Waals surface area contributed by atoms with E-state index in [0.29, 0.717) is 11.4 Å². The average molecular weight is 296 g/mol. The van der Waals surface area contributed by atoms with Gasteiger partial charge >= 0.3 is 0 Å². The number of nitrogens with zero attached hydrogens (tertiary/aromatic N) is 3.